The lowest BCUT2D eigenvalue weighted by Crippen LogP contribution is -2.15. The van der Waals surface area contributed by atoms with Crippen molar-refractivity contribution in [2.75, 3.05) is 10.0 Å². The Bertz CT molecular complexity index is 1090. The van der Waals surface area contributed by atoms with E-state index < -0.39 is 15.8 Å². The first-order chi connectivity index (χ1) is 12.8. The summed E-state index contributed by atoms with van der Waals surface area (Å²) in [7, 11) is -3.86. The van der Waals surface area contributed by atoms with Crippen molar-refractivity contribution < 1.29 is 17.6 Å². The van der Waals surface area contributed by atoms with Crippen molar-refractivity contribution >= 4 is 49.9 Å². The van der Waals surface area contributed by atoms with Gasteiger partial charge in [0.1, 0.15) is 5.82 Å². The van der Waals surface area contributed by atoms with Crippen LogP contribution in [0.4, 0.5) is 15.8 Å². The zero-order chi connectivity index (χ0) is 19.4. The van der Waals surface area contributed by atoms with E-state index in [1.54, 1.807) is 12.1 Å². The molecule has 0 heterocycles. The van der Waals surface area contributed by atoms with Crippen LogP contribution in [0.1, 0.15) is 10.4 Å². The van der Waals surface area contributed by atoms with E-state index in [1.807, 2.05) is 12.1 Å². The molecule has 3 aromatic carbocycles. The maximum absolute atomic E-state index is 13.2. The fourth-order valence-electron chi connectivity index (χ4n) is 2.33. The van der Waals surface area contributed by atoms with Crippen LogP contribution in [0, 0.1) is 9.39 Å². The van der Waals surface area contributed by atoms with Crippen molar-refractivity contribution in [2.45, 2.75) is 4.90 Å². The Morgan fingerprint density at radius 1 is 0.889 bits per heavy atom. The summed E-state index contributed by atoms with van der Waals surface area (Å²) in [6, 6.07) is 18.0. The van der Waals surface area contributed by atoms with E-state index in [-0.39, 0.29) is 16.5 Å². The molecule has 1 amide bonds. The summed E-state index contributed by atoms with van der Waals surface area (Å²) in [5, 5.41) is 2.73. The van der Waals surface area contributed by atoms with Gasteiger partial charge in [-0.05, 0) is 77.2 Å². The van der Waals surface area contributed by atoms with E-state index in [4.69, 9.17) is 0 Å². The maximum atomic E-state index is 13.2. The van der Waals surface area contributed by atoms with E-state index in [1.165, 1.54) is 42.5 Å². The van der Waals surface area contributed by atoms with Crippen molar-refractivity contribution in [3.05, 3.63) is 87.7 Å². The molecule has 8 heteroatoms. The lowest BCUT2D eigenvalue weighted by Gasteiger charge is -2.10. The van der Waals surface area contributed by atoms with Crippen LogP contribution in [0.2, 0.25) is 0 Å². The van der Waals surface area contributed by atoms with Gasteiger partial charge in [0.25, 0.3) is 15.9 Å². The van der Waals surface area contributed by atoms with Crippen LogP contribution in [-0.2, 0) is 10.0 Å². The molecule has 27 heavy (non-hydrogen) atoms. The average Bonchev–Trinajstić information content (AvgIpc) is 2.62. The third-order valence-corrected chi connectivity index (χ3v) is 5.96. The first kappa shape index (κ1) is 19.3. The third-order valence-electron chi connectivity index (χ3n) is 3.62. The molecule has 0 saturated carbocycles. The quantitative estimate of drug-likeness (QED) is 0.512. The Morgan fingerprint density at radius 3 is 2.26 bits per heavy atom. The summed E-state index contributed by atoms with van der Waals surface area (Å²) < 4.78 is 41.1. The normalized spacial score (nSPS) is 11.0. The van der Waals surface area contributed by atoms with Crippen molar-refractivity contribution in [1.82, 2.24) is 0 Å². The minimum absolute atomic E-state index is 0.000878. The molecule has 0 aromatic heterocycles. The van der Waals surface area contributed by atoms with Gasteiger partial charge in [0.15, 0.2) is 0 Å². The molecule has 0 aliphatic rings. The molecule has 0 bridgehead atoms. The van der Waals surface area contributed by atoms with Crippen LogP contribution in [-0.4, -0.2) is 14.3 Å². The number of hydrogen-bond donors (Lipinski definition) is 2. The second kappa shape index (κ2) is 8.05. The molecule has 0 spiro atoms. The van der Waals surface area contributed by atoms with Crippen molar-refractivity contribution in [2.24, 2.45) is 0 Å². The second-order valence-corrected chi connectivity index (χ2v) is 8.42. The Kier molecular flexibility index (Phi) is 5.76. The van der Waals surface area contributed by atoms with Crippen LogP contribution in [0.15, 0.2) is 77.7 Å². The number of nitrogens with one attached hydrogen (secondary N) is 2. The smallest absolute Gasteiger partial charge is 0.261 e. The van der Waals surface area contributed by atoms with Gasteiger partial charge in [0.2, 0.25) is 0 Å². The largest absolute Gasteiger partial charge is 0.322 e. The highest BCUT2D eigenvalue weighted by atomic mass is 127. The maximum Gasteiger partial charge on any atom is 0.261 e. The van der Waals surface area contributed by atoms with Crippen LogP contribution in [0.5, 0.6) is 0 Å². The molecule has 0 aliphatic carbocycles. The Hall–Kier alpha value is -2.46. The number of carbonyl (C=O) groups is 1. The molecule has 138 valence electrons. The van der Waals surface area contributed by atoms with Crippen molar-refractivity contribution in [3.8, 4) is 0 Å². The predicted molar refractivity (Wildman–Crippen MR) is 111 cm³/mol. The highest BCUT2D eigenvalue weighted by Crippen LogP contribution is 2.20. The number of sulfonamides is 1. The van der Waals surface area contributed by atoms with Gasteiger partial charge < -0.3 is 5.32 Å². The van der Waals surface area contributed by atoms with Gasteiger partial charge in [-0.15, -0.1) is 0 Å². The number of benzene rings is 3. The molecule has 0 unspecified atom stereocenters. The van der Waals surface area contributed by atoms with Crippen LogP contribution >= 0.6 is 22.6 Å². The molecule has 0 saturated heterocycles. The third kappa shape index (κ3) is 4.83. The average molecular weight is 496 g/mol. The van der Waals surface area contributed by atoms with Crippen molar-refractivity contribution in [1.29, 1.82) is 0 Å². The summed E-state index contributed by atoms with van der Waals surface area (Å²) >= 11 is 2.07. The van der Waals surface area contributed by atoms with Gasteiger partial charge in [0, 0.05) is 9.26 Å². The standard InChI is InChI=1S/C19H14FIN2O3S/c20-13-4-3-5-15(12-13)23-27(25,26)16-10-8-14(9-11-16)22-19(24)17-6-1-2-7-18(17)21/h1-12,23H,(H,22,24). The van der Waals surface area contributed by atoms with E-state index in [0.29, 0.717) is 11.3 Å². The molecular formula is C19H14FIN2O3S. The topological polar surface area (TPSA) is 75.3 Å². The van der Waals surface area contributed by atoms with Gasteiger partial charge in [-0.25, -0.2) is 12.8 Å². The number of amides is 1. The van der Waals surface area contributed by atoms with Crippen LogP contribution in [0.25, 0.3) is 0 Å². The van der Waals surface area contributed by atoms with Crippen molar-refractivity contribution in [3.63, 3.8) is 0 Å². The Balaban J connectivity index is 1.75. The molecule has 0 atom stereocenters. The Morgan fingerprint density at radius 2 is 1.59 bits per heavy atom. The monoisotopic (exact) mass is 496 g/mol. The minimum Gasteiger partial charge on any atom is -0.322 e. The number of carbonyl (C=O) groups excluding carboxylic acids is 1. The van der Waals surface area contributed by atoms with Crippen LogP contribution < -0.4 is 10.0 Å². The highest BCUT2D eigenvalue weighted by molar-refractivity contribution is 14.1. The summed E-state index contributed by atoms with van der Waals surface area (Å²) in [5.74, 6) is -0.822. The fourth-order valence-corrected chi connectivity index (χ4v) is 4.01. The summed E-state index contributed by atoms with van der Waals surface area (Å²) in [6.45, 7) is 0. The zero-order valence-corrected chi connectivity index (χ0v) is 16.8. The molecule has 0 fully saturated rings. The van der Waals surface area contributed by atoms with Gasteiger partial charge in [-0.1, -0.05) is 18.2 Å². The number of rotatable bonds is 5. The molecule has 3 rings (SSSR count). The summed E-state index contributed by atoms with van der Waals surface area (Å²) in [4.78, 5) is 12.3. The summed E-state index contributed by atoms with van der Waals surface area (Å²) in [6.07, 6.45) is 0. The number of anilines is 2. The molecule has 5 nitrogen and oxygen atoms in total. The van der Waals surface area contributed by atoms with E-state index >= 15 is 0 Å². The number of hydrogen-bond acceptors (Lipinski definition) is 3. The van der Waals surface area contributed by atoms with Gasteiger partial charge in [-0.3, -0.25) is 9.52 Å². The summed E-state index contributed by atoms with van der Waals surface area (Å²) in [5.41, 5.74) is 1.12. The van der Waals surface area contributed by atoms with Crippen LogP contribution in [0.3, 0.4) is 0 Å². The fraction of sp³-hybridized carbons (Fsp3) is 0. The van der Waals surface area contributed by atoms with Gasteiger partial charge in [0.05, 0.1) is 16.1 Å². The minimum atomic E-state index is -3.86. The Labute approximate surface area is 169 Å². The lowest BCUT2D eigenvalue weighted by atomic mass is 10.2. The SMILES string of the molecule is O=C(Nc1ccc(S(=O)(=O)Nc2cccc(F)c2)cc1)c1ccccc1I. The zero-order valence-electron chi connectivity index (χ0n) is 13.8. The first-order valence-electron chi connectivity index (χ1n) is 7.79. The number of halogens is 2. The first-order valence-corrected chi connectivity index (χ1v) is 10.4. The molecular weight excluding hydrogens is 482 g/mol. The van der Waals surface area contributed by atoms with E-state index in [2.05, 4.69) is 32.6 Å². The van der Waals surface area contributed by atoms with Gasteiger partial charge >= 0.3 is 0 Å². The van der Waals surface area contributed by atoms with E-state index in [9.17, 15) is 17.6 Å². The second-order valence-electron chi connectivity index (χ2n) is 5.57. The van der Waals surface area contributed by atoms with E-state index in [0.717, 1.165) is 9.64 Å². The molecule has 3 aromatic rings. The van der Waals surface area contributed by atoms with Gasteiger partial charge in [-0.2, -0.15) is 0 Å². The molecule has 2 N–H and O–H groups in total. The lowest BCUT2D eigenvalue weighted by molar-refractivity contribution is 0.102. The predicted octanol–water partition coefficient (Wildman–Crippen LogP) is 4.48. The molecule has 0 radical (unpaired) electrons. The highest BCUT2D eigenvalue weighted by Gasteiger charge is 2.15. The molecule has 0 aliphatic heterocycles.